The first-order valence-corrected chi connectivity index (χ1v) is 9.33. The highest BCUT2D eigenvalue weighted by Crippen LogP contribution is 2.38. The zero-order chi connectivity index (χ0) is 18.5. The van der Waals surface area contributed by atoms with Gasteiger partial charge in [0.25, 0.3) is 0 Å². The average Bonchev–Trinajstić information content (AvgIpc) is 3.29. The van der Waals surface area contributed by atoms with Gasteiger partial charge < -0.3 is 4.42 Å². The number of benzene rings is 3. The number of pyridine rings is 1. The summed E-state index contributed by atoms with van der Waals surface area (Å²) in [6, 6.07) is 31.2. The topological polar surface area (TPSA) is 31.0 Å². The Morgan fingerprint density at radius 1 is 0.714 bits per heavy atom. The van der Waals surface area contributed by atoms with Gasteiger partial charge in [-0.2, -0.15) is 0 Å². The van der Waals surface area contributed by atoms with Gasteiger partial charge in [0.15, 0.2) is 0 Å². The van der Waals surface area contributed by atoms with Crippen LogP contribution in [0.4, 0.5) is 0 Å². The molecule has 6 aromatic rings. The predicted octanol–water partition coefficient (Wildman–Crippen LogP) is 6.59. The molecule has 0 N–H and O–H groups in total. The van der Waals surface area contributed by atoms with Gasteiger partial charge >= 0.3 is 0 Å². The molecule has 3 nitrogen and oxygen atoms in total. The lowest BCUT2D eigenvalue weighted by Gasteiger charge is -2.08. The molecule has 0 aliphatic carbocycles. The first kappa shape index (κ1) is 15.2. The molecule has 0 saturated heterocycles. The molecule has 0 aliphatic rings. The van der Waals surface area contributed by atoms with Gasteiger partial charge in [-0.05, 0) is 41.5 Å². The number of nitrogens with zero attached hydrogens (tertiary/aromatic N) is 2. The predicted molar refractivity (Wildman–Crippen MR) is 114 cm³/mol. The highest BCUT2D eigenvalue weighted by atomic mass is 16.3. The zero-order valence-corrected chi connectivity index (χ0v) is 15.0. The van der Waals surface area contributed by atoms with Crippen LogP contribution in [0.5, 0.6) is 0 Å². The molecule has 0 saturated carbocycles. The van der Waals surface area contributed by atoms with Gasteiger partial charge in [0, 0.05) is 17.3 Å². The van der Waals surface area contributed by atoms with Crippen LogP contribution in [0.3, 0.4) is 0 Å². The molecule has 3 heterocycles. The molecular weight excluding hydrogens is 344 g/mol. The summed E-state index contributed by atoms with van der Waals surface area (Å²) in [5.41, 5.74) is 7.16. The molecule has 3 heteroatoms. The molecule has 3 aromatic heterocycles. The number of para-hydroxylation sites is 1. The molecule has 0 fully saturated rings. The molecule has 0 atom stereocenters. The lowest BCUT2D eigenvalue weighted by Crippen LogP contribution is -1.93. The monoisotopic (exact) mass is 360 g/mol. The van der Waals surface area contributed by atoms with E-state index in [0.717, 1.165) is 38.8 Å². The van der Waals surface area contributed by atoms with Gasteiger partial charge in [-0.1, -0.05) is 60.7 Å². The van der Waals surface area contributed by atoms with Crippen molar-refractivity contribution >= 4 is 33.1 Å². The fourth-order valence-corrected chi connectivity index (χ4v) is 4.01. The molecule has 0 radical (unpaired) electrons. The van der Waals surface area contributed by atoms with Crippen LogP contribution < -0.4 is 0 Å². The summed E-state index contributed by atoms with van der Waals surface area (Å²) in [7, 11) is 0. The quantitative estimate of drug-likeness (QED) is 0.349. The van der Waals surface area contributed by atoms with Crippen LogP contribution in [-0.4, -0.2) is 9.55 Å². The molecule has 132 valence electrons. The van der Waals surface area contributed by atoms with E-state index in [1.54, 1.807) is 0 Å². The van der Waals surface area contributed by atoms with E-state index < -0.39 is 0 Å². The lowest BCUT2D eigenvalue weighted by molar-refractivity contribution is 0.645. The second kappa shape index (κ2) is 5.83. The highest BCUT2D eigenvalue weighted by Gasteiger charge is 2.19. The first-order valence-electron chi connectivity index (χ1n) is 9.33. The second-order valence-electron chi connectivity index (χ2n) is 6.90. The number of hydrogen-bond acceptors (Lipinski definition) is 2. The van der Waals surface area contributed by atoms with Gasteiger partial charge in [-0.15, -0.1) is 0 Å². The van der Waals surface area contributed by atoms with Crippen LogP contribution in [0.25, 0.3) is 49.9 Å². The van der Waals surface area contributed by atoms with E-state index in [0.29, 0.717) is 0 Å². The Bertz CT molecular complexity index is 1460. The minimum absolute atomic E-state index is 0.833. The third-order valence-corrected chi connectivity index (χ3v) is 5.26. The average molecular weight is 360 g/mol. The van der Waals surface area contributed by atoms with E-state index in [2.05, 4.69) is 70.2 Å². The van der Waals surface area contributed by atoms with E-state index in [9.17, 15) is 0 Å². The van der Waals surface area contributed by atoms with Crippen molar-refractivity contribution in [2.24, 2.45) is 0 Å². The van der Waals surface area contributed by atoms with Crippen LogP contribution in [0, 0.1) is 0 Å². The molecule has 3 aromatic carbocycles. The molecule has 0 spiro atoms. The minimum Gasteiger partial charge on any atom is -0.439 e. The van der Waals surface area contributed by atoms with E-state index in [1.165, 1.54) is 11.1 Å². The maximum atomic E-state index is 6.29. The molecule has 0 amide bonds. The van der Waals surface area contributed by atoms with Crippen molar-refractivity contribution in [3.8, 4) is 16.8 Å². The Labute approximate surface area is 161 Å². The fourth-order valence-electron chi connectivity index (χ4n) is 4.01. The van der Waals surface area contributed by atoms with Crippen molar-refractivity contribution in [1.82, 2.24) is 9.55 Å². The summed E-state index contributed by atoms with van der Waals surface area (Å²) in [4.78, 5) is 4.68. The SMILES string of the molecule is c1ccc(-c2cccc(-n3c4cccnc4c4c5ccccc5oc43)c2)cc1. The summed E-state index contributed by atoms with van der Waals surface area (Å²) >= 11 is 0. The highest BCUT2D eigenvalue weighted by molar-refractivity contribution is 6.18. The number of hydrogen-bond donors (Lipinski definition) is 0. The van der Waals surface area contributed by atoms with Crippen molar-refractivity contribution in [1.29, 1.82) is 0 Å². The molecule has 0 aliphatic heterocycles. The fraction of sp³-hybridized carbons (Fsp3) is 0. The number of rotatable bonds is 2. The van der Waals surface area contributed by atoms with Gasteiger partial charge in [0.2, 0.25) is 5.71 Å². The van der Waals surface area contributed by atoms with E-state index >= 15 is 0 Å². The number of furan rings is 1. The molecule has 0 unspecified atom stereocenters. The van der Waals surface area contributed by atoms with E-state index in [1.807, 2.05) is 36.5 Å². The minimum atomic E-state index is 0.833. The van der Waals surface area contributed by atoms with Crippen molar-refractivity contribution in [2.45, 2.75) is 0 Å². The Hall–Kier alpha value is -3.85. The molecule has 28 heavy (non-hydrogen) atoms. The van der Waals surface area contributed by atoms with Crippen LogP contribution in [-0.2, 0) is 0 Å². The zero-order valence-electron chi connectivity index (χ0n) is 15.0. The summed E-state index contributed by atoms with van der Waals surface area (Å²) in [5, 5.41) is 2.16. The largest absolute Gasteiger partial charge is 0.439 e. The number of aromatic nitrogens is 2. The van der Waals surface area contributed by atoms with E-state index in [4.69, 9.17) is 4.42 Å². The van der Waals surface area contributed by atoms with Crippen LogP contribution in [0.15, 0.2) is 102 Å². The third-order valence-electron chi connectivity index (χ3n) is 5.26. The summed E-state index contributed by atoms with van der Waals surface area (Å²) in [5.74, 6) is 0. The molecule has 6 rings (SSSR count). The summed E-state index contributed by atoms with van der Waals surface area (Å²) in [6.07, 6.45) is 1.84. The van der Waals surface area contributed by atoms with Gasteiger partial charge in [-0.3, -0.25) is 9.55 Å². The maximum absolute atomic E-state index is 6.29. The third kappa shape index (κ3) is 2.13. The Kier molecular flexibility index (Phi) is 3.17. The summed E-state index contributed by atoms with van der Waals surface area (Å²) < 4.78 is 8.46. The Balaban J connectivity index is 1.70. The van der Waals surface area contributed by atoms with Crippen LogP contribution in [0.1, 0.15) is 0 Å². The van der Waals surface area contributed by atoms with Gasteiger partial charge in [-0.25, -0.2) is 0 Å². The second-order valence-corrected chi connectivity index (χ2v) is 6.90. The normalized spacial score (nSPS) is 11.6. The van der Waals surface area contributed by atoms with E-state index in [-0.39, 0.29) is 0 Å². The maximum Gasteiger partial charge on any atom is 0.215 e. The molecular formula is C25H16N2O. The number of fused-ring (bicyclic) bond motifs is 5. The van der Waals surface area contributed by atoms with Crippen molar-refractivity contribution in [2.75, 3.05) is 0 Å². The van der Waals surface area contributed by atoms with Gasteiger partial charge in [0.1, 0.15) is 11.1 Å². The van der Waals surface area contributed by atoms with Crippen molar-refractivity contribution in [3.05, 3.63) is 97.2 Å². The van der Waals surface area contributed by atoms with Gasteiger partial charge in [0.05, 0.1) is 10.9 Å². The summed E-state index contributed by atoms with van der Waals surface area (Å²) in [6.45, 7) is 0. The van der Waals surface area contributed by atoms with Crippen molar-refractivity contribution < 1.29 is 4.42 Å². The Morgan fingerprint density at radius 2 is 1.54 bits per heavy atom. The van der Waals surface area contributed by atoms with Crippen LogP contribution in [0.2, 0.25) is 0 Å². The lowest BCUT2D eigenvalue weighted by atomic mass is 10.1. The van der Waals surface area contributed by atoms with Crippen LogP contribution >= 0.6 is 0 Å². The van der Waals surface area contributed by atoms with Crippen molar-refractivity contribution in [3.63, 3.8) is 0 Å². The first-order chi connectivity index (χ1) is 13.9. The standard InChI is InChI=1S/C25H16N2O/c1-2-8-17(9-3-1)18-10-6-11-19(16-18)27-21-13-7-15-26-24(21)23-20-12-4-5-14-22(20)28-25(23)27/h1-16H. The molecule has 0 bridgehead atoms. The smallest absolute Gasteiger partial charge is 0.215 e. The Morgan fingerprint density at radius 3 is 2.46 bits per heavy atom.